The molecule has 0 amide bonds. The molecule has 4 rings (SSSR count). The molecular weight excluding hydrogens is 640 g/mol. The maximum absolute atomic E-state index is 12.8. The number of carbonyl (C=O) groups is 1. The normalized spacial score (nSPS) is 11.3. The van der Waals surface area contributed by atoms with Crippen LogP contribution in [0.15, 0.2) is 107 Å². The molecule has 0 saturated heterocycles. The molecule has 0 bridgehead atoms. The molecule has 0 aliphatic heterocycles. The molecule has 0 heterocycles. The minimum atomic E-state index is -0.433. The van der Waals surface area contributed by atoms with Crippen LogP contribution in [0.4, 0.5) is 11.4 Å². The van der Waals surface area contributed by atoms with Gasteiger partial charge in [-0.05, 0) is 122 Å². The molecule has 0 fully saturated rings. The van der Waals surface area contributed by atoms with Gasteiger partial charge < -0.3 is 24.4 Å². The minimum absolute atomic E-state index is 0.283. The minimum Gasteiger partial charge on any atom is -0.494 e. The first-order valence-corrected chi connectivity index (χ1v) is 18.3. The maximum Gasteiger partial charge on any atom is 0.343 e. The third-order valence-corrected chi connectivity index (χ3v) is 8.28. The first-order valence-electron chi connectivity index (χ1n) is 18.3. The van der Waals surface area contributed by atoms with Crippen molar-refractivity contribution < 1.29 is 29.2 Å². The van der Waals surface area contributed by atoms with Gasteiger partial charge in [-0.3, -0.25) is 9.98 Å². The van der Waals surface area contributed by atoms with E-state index in [9.17, 15) is 4.79 Å². The van der Waals surface area contributed by atoms with Crippen LogP contribution < -0.4 is 14.2 Å². The second-order valence-electron chi connectivity index (χ2n) is 12.5. The van der Waals surface area contributed by atoms with Crippen LogP contribution in [0.3, 0.4) is 0 Å². The first kappa shape index (κ1) is 39.0. The summed E-state index contributed by atoms with van der Waals surface area (Å²) in [6, 6.07) is 29.8. The number of hydrogen-bond acceptors (Lipinski definition) is 8. The maximum atomic E-state index is 12.8. The number of carbonyl (C=O) groups excluding carboxylic acids is 1. The number of benzene rings is 4. The van der Waals surface area contributed by atoms with Crippen molar-refractivity contribution in [2.24, 2.45) is 9.98 Å². The molecule has 0 aliphatic carbocycles. The van der Waals surface area contributed by atoms with Crippen molar-refractivity contribution in [2.75, 3.05) is 26.4 Å². The van der Waals surface area contributed by atoms with Gasteiger partial charge >= 0.3 is 5.97 Å². The largest absolute Gasteiger partial charge is 0.494 e. The topological polar surface area (TPSA) is 110 Å². The predicted octanol–water partition coefficient (Wildman–Crippen LogP) is 9.83. The van der Waals surface area contributed by atoms with Gasteiger partial charge in [0.05, 0.1) is 30.2 Å². The number of aliphatic hydroxyl groups excluding tert-OH is 2. The Kier molecular flexibility index (Phi) is 18.0. The summed E-state index contributed by atoms with van der Waals surface area (Å²) >= 11 is 0. The zero-order valence-electron chi connectivity index (χ0n) is 29.6. The van der Waals surface area contributed by atoms with Gasteiger partial charge in [-0.2, -0.15) is 0 Å². The van der Waals surface area contributed by atoms with E-state index in [0.29, 0.717) is 24.5 Å². The molecule has 4 aromatic rings. The molecular formula is C43H52N2O6. The highest BCUT2D eigenvalue weighted by molar-refractivity contribution is 5.92. The van der Waals surface area contributed by atoms with Crippen LogP contribution in [0.2, 0.25) is 0 Å². The Hall–Kier alpha value is -4.79. The third kappa shape index (κ3) is 15.7. The van der Waals surface area contributed by atoms with Crippen molar-refractivity contribution in [3.05, 3.63) is 114 Å². The lowest BCUT2D eigenvalue weighted by molar-refractivity contribution is 0.0734. The molecule has 51 heavy (non-hydrogen) atoms. The van der Waals surface area contributed by atoms with Crippen molar-refractivity contribution >= 4 is 29.8 Å². The van der Waals surface area contributed by atoms with E-state index >= 15 is 0 Å². The summed E-state index contributed by atoms with van der Waals surface area (Å²) in [5.41, 5.74) is 3.84. The van der Waals surface area contributed by atoms with Crippen LogP contribution in [0, 0.1) is 0 Å². The molecule has 270 valence electrons. The van der Waals surface area contributed by atoms with E-state index in [-0.39, 0.29) is 13.2 Å². The van der Waals surface area contributed by atoms with Crippen LogP contribution in [0.1, 0.15) is 98.5 Å². The van der Waals surface area contributed by atoms with Gasteiger partial charge in [0.1, 0.15) is 17.2 Å². The summed E-state index contributed by atoms with van der Waals surface area (Å²) in [5, 5.41) is 17.7. The van der Waals surface area contributed by atoms with Crippen molar-refractivity contribution in [1.29, 1.82) is 0 Å². The van der Waals surface area contributed by atoms with Crippen molar-refractivity contribution in [3.8, 4) is 17.2 Å². The Labute approximate surface area is 302 Å². The summed E-state index contributed by atoms with van der Waals surface area (Å²) < 4.78 is 17.3. The molecule has 0 radical (unpaired) electrons. The van der Waals surface area contributed by atoms with E-state index in [1.807, 2.05) is 72.8 Å². The number of rotatable bonds is 24. The predicted molar refractivity (Wildman–Crippen MR) is 206 cm³/mol. The number of hydrogen-bond donors (Lipinski definition) is 2. The van der Waals surface area contributed by atoms with E-state index in [0.717, 1.165) is 98.2 Å². The van der Waals surface area contributed by atoms with E-state index < -0.39 is 5.97 Å². The van der Waals surface area contributed by atoms with Crippen LogP contribution in [0.5, 0.6) is 17.2 Å². The van der Waals surface area contributed by atoms with Crippen molar-refractivity contribution in [3.63, 3.8) is 0 Å². The summed E-state index contributed by atoms with van der Waals surface area (Å²) in [4.78, 5) is 21.8. The van der Waals surface area contributed by atoms with Gasteiger partial charge in [-0.25, -0.2) is 4.79 Å². The van der Waals surface area contributed by atoms with Crippen LogP contribution in [-0.2, 0) is 0 Å². The van der Waals surface area contributed by atoms with E-state index in [1.165, 1.54) is 12.8 Å². The van der Waals surface area contributed by atoms with Crippen LogP contribution in [0.25, 0.3) is 0 Å². The highest BCUT2D eigenvalue weighted by atomic mass is 16.5. The molecule has 0 saturated carbocycles. The number of unbranched alkanes of at least 4 members (excludes halogenated alkanes) is 10. The number of aliphatic imine (C=N–C) groups is 2. The lowest BCUT2D eigenvalue weighted by Crippen LogP contribution is -2.08. The quantitative estimate of drug-likeness (QED) is 0.0327. The zero-order chi connectivity index (χ0) is 35.8. The number of aliphatic hydroxyl groups is 2. The molecule has 4 aromatic carbocycles. The smallest absolute Gasteiger partial charge is 0.343 e. The van der Waals surface area contributed by atoms with Crippen LogP contribution >= 0.6 is 0 Å². The molecule has 2 N–H and O–H groups in total. The summed E-state index contributed by atoms with van der Waals surface area (Å²) in [5.74, 6) is 1.69. The molecule has 0 unspecified atom stereocenters. The first-order chi connectivity index (χ1) is 25.1. The van der Waals surface area contributed by atoms with Crippen LogP contribution in [-0.4, -0.2) is 55.0 Å². The molecule has 0 spiro atoms. The van der Waals surface area contributed by atoms with Gasteiger partial charge in [0.25, 0.3) is 0 Å². The number of ether oxygens (including phenoxy) is 3. The Morgan fingerprint density at radius 2 is 0.843 bits per heavy atom. The Morgan fingerprint density at radius 3 is 1.27 bits per heavy atom. The average molecular weight is 693 g/mol. The molecule has 8 nitrogen and oxygen atoms in total. The van der Waals surface area contributed by atoms with E-state index in [4.69, 9.17) is 24.4 Å². The fourth-order valence-electron chi connectivity index (χ4n) is 5.27. The van der Waals surface area contributed by atoms with E-state index in [2.05, 4.69) is 9.98 Å². The fraction of sp³-hybridized carbons (Fsp3) is 0.372. The van der Waals surface area contributed by atoms with Gasteiger partial charge in [-0.1, -0.05) is 63.5 Å². The second kappa shape index (κ2) is 23.6. The highest BCUT2D eigenvalue weighted by Gasteiger charge is 2.08. The SMILES string of the molecule is O=C(Oc1ccc(C=Nc2ccc(OCCCCCCCCO)cc2)cc1)c1ccc(C=Nc2ccc(OCCCCCCCCO)cc2)cc1. The molecule has 0 aromatic heterocycles. The standard InChI is InChI=1S/C43H52N2O6/c46-29-9-5-1-3-7-11-31-49-40-25-19-38(20-26-40)44-33-35-13-17-37(18-14-35)43(48)51-42-23-15-36(16-24-42)34-45-39-21-27-41(28-22-39)50-32-12-8-4-2-6-10-30-47/h13-28,33-34,46-47H,1-12,29-32H2. The Morgan fingerprint density at radius 1 is 0.471 bits per heavy atom. The van der Waals surface area contributed by atoms with Crippen molar-refractivity contribution in [2.45, 2.75) is 77.0 Å². The summed E-state index contributed by atoms with van der Waals surface area (Å²) in [6.07, 6.45) is 16.5. The zero-order valence-corrected chi connectivity index (χ0v) is 29.6. The van der Waals surface area contributed by atoms with Gasteiger partial charge in [0.15, 0.2) is 0 Å². The molecule has 8 heteroatoms. The van der Waals surface area contributed by atoms with Gasteiger partial charge in [0.2, 0.25) is 0 Å². The fourth-order valence-corrected chi connectivity index (χ4v) is 5.27. The summed E-state index contributed by atoms with van der Waals surface area (Å²) in [6.45, 7) is 1.96. The summed E-state index contributed by atoms with van der Waals surface area (Å²) in [7, 11) is 0. The lowest BCUT2D eigenvalue weighted by Gasteiger charge is -2.06. The molecule has 0 atom stereocenters. The number of esters is 1. The monoisotopic (exact) mass is 692 g/mol. The van der Waals surface area contributed by atoms with Gasteiger partial charge in [0, 0.05) is 25.6 Å². The third-order valence-electron chi connectivity index (χ3n) is 8.28. The highest BCUT2D eigenvalue weighted by Crippen LogP contribution is 2.21. The van der Waals surface area contributed by atoms with Gasteiger partial charge in [-0.15, -0.1) is 0 Å². The second-order valence-corrected chi connectivity index (χ2v) is 12.5. The Balaban J connectivity index is 1.14. The van der Waals surface area contributed by atoms with E-state index in [1.54, 1.807) is 36.7 Å². The average Bonchev–Trinajstić information content (AvgIpc) is 3.17. The van der Waals surface area contributed by atoms with Crippen molar-refractivity contribution in [1.82, 2.24) is 0 Å². The number of nitrogens with zero attached hydrogens (tertiary/aromatic N) is 2. The lowest BCUT2D eigenvalue weighted by atomic mass is 10.1. The Bertz CT molecular complexity index is 1580. The molecule has 0 aliphatic rings.